The second-order valence-corrected chi connectivity index (χ2v) is 8.08. The second kappa shape index (κ2) is 9.57. The molecule has 0 atom stereocenters. The van der Waals surface area contributed by atoms with Gasteiger partial charge < -0.3 is 10.2 Å². The maximum Gasteiger partial charge on any atom is 0.341 e. The molecule has 2 aromatic carbocycles. The molecule has 0 heterocycles. The van der Waals surface area contributed by atoms with Crippen molar-refractivity contribution < 1.29 is 22.0 Å². The zero-order valence-electron chi connectivity index (χ0n) is 14.9. The minimum Gasteiger partial charge on any atom is -0.352 e. The van der Waals surface area contributed by atoms with Crippen molar-refractivity contribution in [3.05, 3.63) is 65.7 Å². The minimum atomic E-state index is -4.65. The Morgan fingerprint density at radius 1 is 1.07 bits per heavy atom. The van der Waals surface area contributed by atoms with Gasteiger partial charge >= 0.3 is 5.76 Å². The van der Waals surface area contributed by atoms with Gasteiger partial charge in [-0.05, 0) is 49.8 Å². The van der Waals surface area contributed by atoms with Crippen molar-refractivity contribution >= 4 is 15.7 Å². The normalized spacial score (nSPS) is 11.7. The van der Waals surface area contributed by atoms with Crippen molar-refractivity contribution in [3.8, 4) is 0 Å². The van der Waals surface area contributed by atoms with E-state index in [0.717, 1.165) is 31.6 Å². The second-order valence-electron chi connectivity index (χ2n) is 6.16. The van der Waals surface area contributed by atoms with Gasteiger partial charge in [-0.15, -0.1) is 0 Å². The predicted octanol–water partition coefficient (Wildman–Crippen LogP) is 2.93. The first kappa shape index (κ1) is 21.0. The van der Waals surface area contributed by atoms with Crippen LogP contribution in [-0.4, -0.2) is 45.1 Å². The molecule has 27 heavy (non-hydrogen) atoms. The third-order valence-corrected chi connectivity index (χ3v) is 5.38. The molecule has 0 saturated heterocycles. The summed E-state index contributed by atoms with van der Waals surface area (Å²) in [4.78, 5) is 13.7. The van der Waals surface area contributed by atoms with Gasteiger partial charge in [-0.3, -0.25) is 4.79 Å². The lowest BCUT2D eigenvalue weighted by Crippen LogP contribution is -2.28. The van der Waals surface area contributed by atoms with Crippen molar-refractivity contribution in [1.82, 2.24) is 10.2 Å². The molecule has 0 spiro atoms. The van der Waals surface area contributed by atoms with E-state index in [4.69, 9.17) is 0 Å². The van der Waals surface area contributed by atoms with Crippen LogP contribution in [0.1, 0.15) is 22.3 Å². The molecule has 0 aliphatic heterocycles. The van der Waals surface area contributed by atoms with Crippen LogP contribution in [0.2, 0.25) is 0 Å². The summed E-state index contributed by atoms with van der Waals surface area (Å²) in [7, 11) is -2.65. The van der Waals surface area contributed by atoms with Gasteiger partial charge in [0.15, 0.2) is 0 Å². The van der Waals surface area contributed by atoms with Gasteiger partial charge in [-0.25, -0.2) is 8.42 Å². The van der Waals surface area contributed by atoms with Crippen LogP contribution in [0.5, 0.6) is 0 Å². The quantitative estimate of drug-likeness (QED) is 0.662. The Balaban J connectivity index is 1.77. The monoisotopic (exact) mass is 396 g/mol. The third-order valence-electron chi connectivity index (χ3n) is 3.98. The average Bonchev–Trinajstić information content (AvgIpc) is 2.66. The Morgan fingerprint density at radius 2 is 1.70 bits per heavy atom. The first-order chi connectivity index (χ1) is 12.8. The van der Waals surface area contributed by atoms with E-state index in [1.54, 1.807) is 0 Å². The summed E-state index contributed by atoms with van der Waals surface area (Å²) in [6.07, 6.45) is 0.743. The molecule has 2 aromatic rings. The molecule has 0 bridgehead atoms. The van der Waals surface area contributed by atoms with Gasteiger partial charge in [-0.1, -0.05) is 30.3 Å². The number of alkyl halides is 2. The van der Waals surface area contributed by atoms with E-state index in [1.165, 1.54) is 17.7 Å². The van der Waals surface area contributed by atoms with Crippen LogP contribution in [0.25, 0.3) is 0 Å². The molecule has 0 fully saturated rings. The van der Waals surface area contributed by atoms with E-state index in [1.807, 2.05) is 25.2 Å². The van der Waals surface area contributed by atoms with Crippen LogP contribution in [-0.2, 0) is 16.4 Å². The van der Waals surface area contributed by atoms with E-state index in [9.17, 15) is 22.0 Å². The number of halogens is 2. The summed E-state index contributed by atoms with van der Waals surface area (Å²) in [5.41, 5.74) is 1.43. The first-order valence-electron chi connectivity index (χ1n) is 8.43. The maximum absolute atomic E-state index is 12.5. The van der Waals surface area contributed by atoms with Gasteiger partial charge in [-0.2, -0.15) is 8.78 Å². The summed E-state index contributed by atoms with van der Waals surface area (Å²) in [6, 6.07) is 14.5. The summed E-state index contributed by atoms with van der Waals surface area (Å²) in [5.74, 6) is -3.85. The van der Waals surface area contributed by atoms with Gasteiger partial charge in [0.05, 0.1) is 4.90 Å². The van der Waals surface area contributed by atoms with E-state index >= 15 is 0 Å². The molecule has 8 heteroatoms. The van der Waals surface area contributed by atoms with Crippen molar-refractivity contribution in [2.24, 2.45) is 0 Å². The summed E-state index contributed by atoms with van der Waals surface area (Å²) < 4.78 is 47.7. The average molecular weight is 396 g/mol. The standard InChI is InChI=1S/C19H22F2N2O3S/c1-23(14-15-6-3-2-4-7-15)13-5-12-22-18(24)16-8-10-17(11-9-16)27(25,26)19(20)21/h2-4,6-11,19H,5,12-14H2,1H3,(H,22,24). The Labute approximate surface area is 157 Å². The molecule has 146 valence electrons. The number of carbonyl (C=O) groups is 1. The largest absolute Gasteiger partial charge is 0.352 e. The van der Waals surface area contributed by atoms with Gasteiger partial charge in [0.2, 0.25) is 9.84 Å². The third kappa shape index (κ3) is 6.11. The molecule has 0 aliphatic carbocycles. The number of hydrogen-bond acceptors (Lipinski definition) is 4. The smallest absolute Gasteiger partial charge is 0.341 e. The number of carbonyl (C=O) groups excluding carboxylic acids is 1. The zero-order valence-corrected chi connectivity index (χ0v) is 15.8. The number of amides is 1. The van der Waals surface area contributed by atoms with Crippen molar-refractivity contribution in [3.63, 3.8) is 0 Å². The van der Waals surface area contributed by atoms with Crippen molar-refractivity contribution in [2.45, 2.75) is 23.6 Å². The Bertz CT molecular complexity index is 841. The predicted molar refractivity (Wildman–Crippen MR) is 99.4 cm³/mol. The number of sulfone groups is 1. The molecule has 0 unspecified atom stereocenters. The summed E-state index contributed by atoms with van der Waals surface area (Å²) >= 11 is 0. The van der Waals surface area contributed by atoms with Crippen molar-refractivity contribution in [1.29, 1.82) is 0 Å². The number of rotatable bonds is 9. The molecule has 5 nitrogen and oxygen atoms in total. The highest BCUT2D eigenvalue weighted by molar-refractivity contribution is 7.91. The van der Waals surface area contributed by atoms with Crippen molar-refractivity contribution in [2.75, 3.05) is 20.1 Å². The lowest BCUT2D eigenvalue weighted by atomic mass is 10.2. The highest BCUT2D eigenvalue weighted by Gasteiger charge is 2.26. The van der Waals surface area contributed by atoms with Gasteiger partial charge in [0.25, 0.3) is 5.91 Å². The van der Waals surface area contributed by atoms with E-state index < -0.39 is 20.5 Å². The molecule has 0 aromatic heterocycles. The zero-order chi connectivity index (χ0) is 19.9. The number of nitrogens with one attached hydrogen (secondary N) is 1. The summed E-state index contributed by atoms with van der Waals surface area (Å²) in [6.45, 7) is 2.06. The van der Waals surface area contributed by atoms with Crippen LogP contribution in [0.3, 0.4) is 0 Å². The minimum absolute atomic E-state index is 0.223. The molecular formula is C19H22F2N2O3S. The van der Waals surface area contributed by atoms with Crippen LogP contribution >= 0.6 is 0 Å². The lowest BCUT2D eigenvalue weighted by molar-refractivity contribution is 0.0952. The fourth-order valence-corrected chi connectivity index (χ4v) is 3.25. The number of hydrogen-bond donors (Lipinski definition) is 1. The van der Waals surface area contributed by atoms with E-state index in [0.29, 0.717) is 6.54 Å². The molecule has 2 rings (SSSR count). The van der Waals surface area contributed by atoms with Crippen LogP contribution in [0.4, 0.5) is 8.78 Å². The fraction of sp³-hybridized carbons (Fsp3) is 0.316. The topological polar surface area (TPSA) is 66.5 Å². The SMILES string of the molecule is CN(CCCNC(=O)c1ccc(S(=O)(=O)C(F)F)cc1)Cc1ccccc1. The Morgan fingerprint density at radius 3 is 2.30 bits per heavy atom. The highest BCUT2D eigenvalue weighted by atomic mass is 32.2. The van der Waals surface area contributed by atoms with Crippen LogP contribution in [0.15, 0.2) is 59.5 Å². The number of nitrogens with zero attached hydrogens (tertiary/aromatic N) is 1. The van der Waals surface area contributed by atoms with Crippen LogP contribution in [0, 0.1) is 0 Å². The molecule has 0 aliphatic rings. The highest BCUT2D eigenvalue weighted by Crippen LogP contribution is 2.18. The Hall–Kier alpha value is -2.32. The Kier molecular flexibility index (Phi) is 7.44. The van der Waals surface area contributed by atoms with Gasteiger partial charge in [0.1, 0.15) is 0 Å². The molecule has 0 radical (unpaired) electrons. The summed E-state index contributed by atoms with van der Waals surface area (Å²) in [5, 5.41) is 2.74. The van der Waals surface area contributed by atoms with Gasteiger partial charge in [0, 0.05) is 18.7 Å². The lowest BCUT2D eigenvalue weighted by Gasteiger charge is -2.16. The molecule has 1 amide bonds. The first-order valence-corrected chi connectivity index (χ1v) is 9.98. The van der Waals surface area contributed by atoms with E-state index in [-0.39, 0.29) is 11.5 Å². The fourth-order valence-electron chi connectivity index (χ4n) is 2.53. The van der Waals surface area contributed by atoms with Crippen LogP contribution < -0.4 is 5.32 Å². The number of benzene rings is 2. The molecule has 0 saturated carbocycles. The molecule has 1 N–H and O–H groups in total. The van der Waals surface area contributed by atoms with E-state index in [2.05, 4.69) is 22.3 Å². The maximum atomic E-state index is 12.5. The molecular weight excluding hydrogens is 374 g/mol.